The zero-order valence-electron chi connectivity index (χ0n) is 15.9. The van der Waals surface area contributed by atoms with Crippen molar-refractivity contribution in [3.8, 4) is 0 Å². The number of rotatable bonds is 8. The number of carbonyl (C=O) groups excluding carboxylic acids is 1. The Labute approximate surface area is 167 Å². The van der Waals surface area contributed by atoms with E-state index in [0.29, 0.717) is 6.54 Å². The van der Waals surface area contributed by atoms with Crippen LogP contribution in [0.5, 0.6) is 0 Å². The van der Waals surface area contributed by atoms with Gasteiger partial charge < -0.3 is 10.3 Å². The summed E-state index contributed by atoms with van der Waals surface area (Å²) in [5.41, 5.74) is 5.94. The van der Waals surface area contributed by atoms with Crippen molar-refractivity contribution in [2.45, 2.75) is 19.9 Å². The third-order valence-electron chi connectivity index (χ3n) is 4.72. The molecule has 0 unspecified atom stereocenters. The highest BCUT2D eigenvalue weighted by Gasteiger charge is 2.13. The molecule has 29 heavy (non-hydrogen) atoms. The molecule has 0 fully saturated rings. The third kappa shape index (κ3) is 4.87. The second-order valence-electron chi connectivity index (χ2n) is 6.66. The molecule has 8 heteroatoms. The lowest BCUT2D eigenvalue weighted by atomic mass is 10.1. The minimum absolute atomic E-state index is 0.0984. The van der Waals surface area contributed by atoms with Gasteiger partial charge in [0.2, 0.25) is 0 Å². The number of H-pyrrole nitrogens is 1. The lowest BCUT2D eigenvalue weighted by Gasteiger charge is -2.07. The Kier molecular flexibility index (Phi) is 6.38. The number of hydrogen-bond donors (Lipinski definition) is 4. The molecular weight excluding hydrogens is 372 g/mol. The molecule has 3 rings (SSSR count). The minimum Gasteiger partial charge on any atom is -0.358 e. The maximum Gasteiger partial charge on any atom is 0.276 e. The Hall–Kier alpha value is -3.49. The number of aromatic nitrogens is 1. The molecule has 2 aromatic carbocycles. The SMILES string of the molecule is Cc1[nH]c2ccccc2c1CCNCc1ccc(C=CC(=O)NO)c([N+](=O)[O-])c1. The summed E-state index contributed by atoms with van der Waals surface area (Å²) in [6, 6.07) is 13.0. The predicted octanol–water partition coefficient (Wildman–Crippen LogP) is 3.24. The standard InChI is InChI=1S/C21H22N4O4/c1-14-17(18-4-2-3-5-19(18)23-14)10-11-22-13-15-6-7-16(8-9-21(26)24-27)20(12-15)25(28)29/h2-9,12,22-23,27H,10-11,13H2,1H3,(H,24,26). The molecule has 0 aliphatic carbocycles. The lowest BCUT2D eigenvalue weighted by Crippen LogP contribution is -2.17. The summed E-state index contributed by atoms with van der Waals surface area (Å²) in [4.78, 5) is 25.3. The average molecular weight is 394 g/mol. The summed E-state index contributed by atoms with van der Waals surface area (Å²) < 4.78 is 0. The van der Waals surface area contributed by atoms with Gasteiger partial charge >= 0.3 is 0 Å². The number of nitro groups is 1. The van der Waals surface area contributed by atoms with E-state index in [9.17, 15) is 14.9 Å². The molecule has 0 saturated heterocycles. The molecule has 0 aliphatic rings. The fourth-order valence-corrected chi connectivity index (χ4v) is 3.30. The number of para-hydroxylation sites is 1. The van der Waals surface area contributed by atoms with Crippen molar-refractivity contribution in [2.75, 3.05) is 6.54 Å². The van der Waals surface area contributed by atoms with E-state index in [2.05, 4.69) is 29.4 Å². The zero-order chi connectivity index (χ0) is 20.8. The Morgan fingerprint density at radius 2 is 2.07 bits per heavy atom. The number of nitro benzene ring substituents is 1. The normalized spacial score (nSPS) is 11.2. The summed E-state index contributed by atoms with van der Waals surface area (Å²) in [5, 5.41) is 24.4. The van der Waals surface area contributed by atoms with Crippen molar-refractivity contribution in [3.05, 3.63) is 81.0 Å². The van der Waals surface area contributed by atoms with Crippen LogP contribution in [-0.4, -0.2) is 27.6 Å². The van der Waals surface area contributed by atoms with Gasteiger partial charge in [-0.1, -0.05) is 24.3 Å². The molecule has 0 saturated carbocycles. The van der Waals surface area contributed by atoms with Gasteiger partial charge in [0, 0.05) is 35.3 Å². The van der Waals surface area contributed by atoms with Crippen molar-refractivity contribution < 1.29 is 14.9 Å². The number of hydroxylamine groups is 1. The van der Waals surface area contributed by atoms with E-state index in [1.54, 1.807) is 12.1 Å². The lowest BCUT2D eigenvalue weighted by molar-refractivity contribution is -0.385. The smallest absolute Gasteiger partial charge is 0.276 e. The molecule has 8 nitrogen and oxygen atoms in total. The van der Waals surface area contributed by atoms with Crippen LogP contribution in [0.3, 0.4) is 0 Å². The molecule has 1 aromatic heterocycles. The van der Waals surface area contributed by atoms with Crippen LogP contribution in [0, 0.1) is 17.0 Å². The van der Waals surface area contributed by atoms with Crippen LogP contribution >= 0.6 is 0 Å². The molecule has 3 aromatic rings. The second kappa shape index (κ2) is 9.13. The van der Waals surface area contributed by atoms with Gasteiger partial charge in [0.25, 0.3) is 11.6 Å². The molecule has 1 heterocycles. The van der Waals surface area contributed by atoms with Crippen LogP contribution in [0.2, 0.25) is 0 Å². The van der Waals surface area contributed by atoms with E-state index in [1.807, 2.05) is 12.1 Å². The first kappa shape index (κ1) is 20.2. The molecule has 0 atom stereocenters. The molecule has 150 valence electrons. The van der Waals surface area contributed by atoms with Gasteiger partial charge in [-0.25, -0.2) is 5.48 Å². The third-order valence-corrected chi connectivity index (χ3v) is 4.72. The monoisotopic (exact) mass is 394 g/mol. The number of aromatic amines is 1. The van der Waals surface area contributed by atoms with E-state index in [-0.39, 0.29) is 11.3 Å². The minimum atomic E-state index is -0.752. The Bertz CT molecular complexity index is 1070. The molecule has 0 radical (unpaired) electrons. The number of nitrogens with zero attached hydrogens (tertiary/aromatic N) is 1. The van der Waals surface area contributed by atoms with Crippen LogP contribution in [0.25, 0.3) is 17.0 Å². The first-order valence-electron chi connectivity index (χ1n) is 9.16. The zero-order valence-corrected chi connectivity index (χ0v) is 15.9. The van der Waals surface area contributed by atoms with Crippen molar-refractivity contribution in [1.82, 2.24) is 15.8 Å². The van der Waals surface area contributed by atoms with Crippen LogP contribution in [0.15, 0.2) is 48.5 Å². The maximum atomic E-state index is 11.3. The molecule has 4 N–H and O–H groups in total. The number of hydrogen-bond acceptors (Lipinski definition) is 5. The van der Waals surface area contributed by atoms with E-state index < -0.39 is 10.8 Å². The largest absolute Gasteiger partial charge is 0.358 e. The highest BCUT2D eigenvalue weighted by molar-refractivity contribution is 5.91. The average Bonchev–Trinajstić information content (AvgIpc) is 3.04. The first-order valence-corrected chi connectivity index (χ1v) is 9.16. The van der Waals surface area contributed by atoms with Gasteiger partial charge in [0.15, 0.2) is 0 Å². The Balaban J connectivity index is 1.64. The summed E-state index contributed by atoms with van der Waals surface area (Å²) in [6.07, 6.45) is 3.17. The molecule has 0 aliphatic heterocycles. The maximum absolute atomic E-state index is 11.3. The van der Waals surface area contributed by atoms with Gasteiger partial charge in [-0.2, -0.15) is 0 Å². The van der Waals surface area contributed by atoms with Gasteiger partial charge in [-0.15, -0.1) is 0 Å². The van der Waals surface area contributed by atoms with E-state index in [1.165, 1.54) is 28.6 Å². The van der Waals surface area contributed by atoms with Gasteiger partial charge in [-0.3, -0.25) is 20.1 Å². The van der Waals surface area contributed by atoms with Gasteiger partial charge in [0.1, 0.15) is 0 Å². The van der Waals surface area contributed by atoms with E-state index >= 15 is 0 Å². The Morgan fingerprint density at radius 3 is 2.83 bits per heavy atom. The van der Waals surface area contributed by atoms with Crippen molar-refractivity contribution in [1.29, 1.82) is 0 Å². The highest BCUT2D eigenvalue weighted by Crippen LogP contribution is 2.23. The van der Waals surface area contributed by atoms with Gasteiger partial charge in [-0.05, 0) is 49.2 Å². The molecule has 0 bridgehead atoms. The van der Waals surface area contributed by atoms with Crippen molar-refractivity contribution >= 4 is 28.6 Å². The van der Waals surface area contributed by atoms with E-state index in [0.717, 1.165) is 35.8 Å². The fourth-order valence-electron chi connectivity index (χ4n) is 3.30. The number of amides is 1. The second-order valence-corrected chi connectivity index (χ2v) is 6.66. The first-order chi connectivity index (χ1) is 14.0. The van der Waals surface area contributed by atoms with Crippen LogP contribution in [0.1, 0.15) is 22.4 Å². The Morgan fingerprint density at radius 1 is 1.28 bits per heavy atom. The van der Waals surface area contributed by atoms with Crippen LogP contribution in [0.4, 0.5) is 5.69 Å². The topological polar surface area (TPSA) is 120 Å². The quantitative estimate of drug-likeness (QED) is 0.154. The summed E-state index contributed by atoms with van der Waals surface area (Å²) in [6.45, 7) is 3.28. The van der Waals surface area contributed by atoms with Crippen LogP contribution in [-0.2, 0) is 17.8 Å². The molecular formula is C21H22N4O4. The predicted molar refractivity (Wildman–Crippen MR) is 111 cm³/mol. The van der Waals surface area contributed by atoms with Crippen molar-refractivity contribution in [2.24, 2.45) is 0 Å². The summed E-state index contributed by atoms with van der Waals surface area (Å²) in [5.74, 6) is -0.752. The fraction of sp³-hybridized carbons (Fsp3) is 0.190. The molecule has 0 spiro atoms. The summed E-state index contributed by atoms with van der Waals surface area (Å²) >= 11 is 0. The number of fused-ring (bicyclic) bond motifs is 1. The summed E-state index contributed by atoms with van der Waals surface area (Å²) in [7, 11) is 0. The van der Waals surface area contributed by atoms with Crippen molar-refractivity contribution in [3.63, 3.8) is 0 Å². The molecule has 1 amide bonds. The number of carbonyl (C=O) groups is 1. The highest BCUT2D eigenvalue weighted by atomic mass is 16.6. The van der Waals surface area contributed by atoms with E-state index in [4.69, 9.17) is 5.21 Å². The van der Waals surface area contributed by atoms with Crippen LogP contribution < -0.4 is 10.8 Å². The number of nitrogens with one attached hydrogen (secondary N) is 3. The number of benzene rings is 2. The number of aryl methyl sites for hydroxylation is 1. The van der Waals surface area contributed by atoms with Gasteiger partial charge in [0.05, 0.1) is 10.5 Å².